The first-order valence-electron chi connectivity index (χ1n) is 12.8. The van der Waals surface area contributed by atoms with Gasteiger partial charge in [-0.1, -0.05) is 74.0 Å². The Hall–Kier alpha value is -3.56. The van der Waals surface area contributed by atoms with E-state index < -0.39 is 28.5 Å². The van der Waals surface area contributed by atoms with Gasteiger partial charge < -0.3 is 15.0 Å². The predicted molar refractivity (Wildman–Crippen MR) is 153 cm³/mol. The van der Waals surface area contributed by atoms with Gasteiger partial charge in [0.1, 0.15) is 18.3 Å². The van der Waals surface area contributed by atoms with Crippen LogP contribution in [0, 0.1) is 0 Å². The molecule has 208 valence electrons. The minimum Gasteiger partial charge on any atom is -0.495 e. The summed E-state index contributed by atoms with van der Waals surface area (Å²) in [5, 5.41) is 3.30. The van der Waals surface area contributed by atoms with Crippen LogP contribution in [0.5, 0.6) is 5.75 Å². The molecule has 0 aliphatic carbocycles. The first-order chi connectivity index (χ1) is 18.7. The van der Waals surface area contributed by atoms with Crippen LogP contribution in [0.3, 0.4) is 0 Å². The number of hydrogen-bond acceptors (Lipinski definition) is 5. The fourth-order valence-corrected chi connectivity index (χ4v) is 5.81. The number of nitrogens with one attached hydrogen (secondary N) is 1. The number of ether oxygens (including phenoxy) is 1. The molecule has 3 rings (SSSR count). The van der Waals surface area contributed by atoms with Crippen molar-refractivity contribution < 1.29 is 22.7 Å². The molecule has 0 aliphatic heterocycles. The lowest BCUT2D eigenvalue weighted by Crippen LogP contribution is -2.52. The van der Waals surface area contributed by atoms with E-state index in [-0.39, 0.29) is 28.8 Å². The lowest BCUT2D eigenvalue weighted by atomic mass is 10.1. The highest BCUT2D eigenvalue weighted by Crippen LogP contribution is 2.32. The Kier molecular flexibility index (Phi) is 10.8. The summed E-state index contributed by atoms with van der Waals surface area (Å²) in [7, 11) is -2.75. The standard InChI is InChI=1S/C29H34ClN3O5S/c1-4-19-31-29(35)25(5-2)32(20-22-13-9-10-16-24(22)30)28(34)21-33(26-17-11-12-18-27(26)38-3)39(36,37)23-14-7-6-8-15-23/h6-18,25H,4-5,19-21H2,1-3H3,(H,31,35)/t25-/m0/s1. The molecule has 10 heteroatoms. The van der Waals surface area contributed by atoms with Gasteiger partial charge in [-0.2, -0.15) is 0 Å². The van der Waals surface area contributed by atoms with E-state index >= 15 is 0 Å². The molecular weight excluding hydrogens is 538 g/mol. The molecule has 3 aromatic rings. The van der Waals surface area contributed by atoms with E-state index in [0.29, 0.717) is 23.6 Å². The first kappa shape index (κ1) is 30.0. The van der Waals surface area contributed by atoms with Crippen LogP contribution in [0.4, 0.5) is 5.69 Å². The van der Waals surface area contributed by atoms with E-state index in [9.17, 15) is 18.0 Å². The highest BCUT2D eigenvalue weighted by molar-refractivity contribution is 7.92. The van der Waals surface area contributed by atoms with Crippen molar-refractivity contribution in [3.63, 3.8) is 0 Å². The van der Waals surface area contributed by atoms with E-state index in [0.717, 1.165) is 10.7 Å². The number of amides is 2. The average molecular weight is 572 g/mol. The predicted octanol–water partition coefficient (Wildman–Crippen LogP) is 4.88. The zero-order valence-corrected chi connectivity index (χ0v) is 23.9. The molecule has 0 radical (unpaired) electrons. The molecule has 0 bridgehead atoms. The topological polar surface area (TPSA) is 96.0 Å². The Bertz CT molecular complexity index is 1370. The summed E-state index contributed by atoms with van der Waals surface area (Å²) in [6, 6.07) is 20.7. The largest absolute Gasteiger partial charge is 0.495 e. The number of methoxy groups -OCH3 is 1. The highest BCUT2D eigenvalue weighted by atomic mass is 35.5. The summed E-state index contributed by atoms with van der Waals surface area (Å²) in [6.45, 7) is 3.68. The average Bonchev–Trinajstić information content (AvgIpc) is 2.95. The van der Waals surface area contributed by atoms with E-state index in [1.807, 2.05) is 13.8 Å². The molecular formula is C29H34ClN3O5S. The second-order valence-electron chi connectivity index (χ2n) is 8.82. The molecule has 1 atom stereocenters. The van der Waals surface area contributed by atoms with Crippen molar-refractivity contribution in [2.75, 3.05) is 24.5 Å². The van der Waals surface area contributed by atoms with Gasteiger partial charge in [0.05, 0.1) is 17.7 Å². The van der Waals surface area contributed by atoms with Gasteiger partial charge in [-0.15, -0.1) is 0 Å². The molecule has 0 fully saturated rings. The smallest absolute Gasteiger partial charge is 0.264 e. The molecule has 0 saturated heterocycles. The molecule has 2 amide bonds. The van der Waals surface area contributed by atoms with Gasteiger partial charge in [0, 0.05) is 18.1 Å². The van der Waals surface area contributed by atoms with Gasteiger partial charge >= 0.3 is 0 Å². The summed E-state index contributed by atoms with van der Waals surface area (Å²) < 4.78 is 34.2. The number of benzene rings is 3. The third-order valence-corrected chi connectivity index (χ3v) is 8.34. The minimum absolute atomic E-state index is 0.0223. The summed E-state index contributed by atoms with van der Waals surface area (Å²) >= 11 is 6.42. The van der Waals surface area contributed by atoms with E-state index in [4.69, 9.17) is 16.3 Å². The van der Waals surface area contributed by atoms with Gasteiger partial charge in [-0.3, -0.25) is 13.9 Å². The van der Waals surface area contributed by atoms with Crippen molar-refractivity contribution in [2.45, 2.75) is 44.2 Å². The molecule has 0 saturated carbocycles. The van der Waals surface area contributed by atoms with Crippen molar-refractivity contribution in [2.24, 2.45) is 0 Å². The summed E-state index contributed by atoms with van der Waals surface area (Å²) in [6.07, 6.45) is 1.06. The zero-order chi connectivity index (χ0) is 28.4. The molecule has 0 unspecified atom stereocenters. The maximum atomic E-state index is 14.1. The number of rotatable bonds is 13. The monoisotopic (exact) mass is 571 g/mol. The molecule has 0 aromatic heterocycles. The Morgan fingerprint density at radius 3 is 2.23 bits per heavy atom. The molecule has 39 heavy (non-hydrogen) atoms. The molecule has 1 N–H and O–H groups in total. The van der Waals surface area contributed by atoms with Gasteiger partial charge in [0.25, 0.3) is 10.0 Å². The second kappa shape index (κ2) is 14.0. The Labute approximate surface area is 235 Å². The van der Waals surface area contributed by atoms with Crippen LogP contribution in [0.2, 0.25) is 5.02 Å². The number of halogens is 1. The zero-order valence-electron chi connectivity index (χ0n) is 22.3. The quantitative estimate of drug-likeness (QED) is 0.315. The highest BCUT2D eigenvalue weighted by Gasteiger charge is 2.34. The molecule has 8 nitrogen and oxygen atoms in total. The van der Waals surface area contributed by atoms with Crippen LogP contribution in [0.25, 0.3) is 0 Å². The maximum absolute atomic E-state index is 14.1. The lowest BCUT2D eigenvalue weighted by Gasteiger charge is -2.33. The van der Waals surface area contributed by atoms with Crippen molar-refractivity contribution in [3.05, 3.63) is 89.4 Å². The van der Waals surface area contributed by atoms with Crippen LogP contribution < -0.4 is 14.4 Å². The van der Waals surface area contributed by atoms with E-state index in [1.54, 1.807) is 66.7 Å². The molecule has 0 heterocycles. The summed E-state index contributed by atoms with van der Waals surface area (Å²) in [5.74, 6) is -0.580. The number of carbonyl (C=O) groups is 2. The van der Waals surface area contributed by atoms with Crippen molar-refractivity contribution in [3.8, 4) is 5.75 Å². The Balaban J connectivity index is 2.09. The van der Waals surface area contributed by atoms with Gasteiger partial charge in [0.2, 0.25) is 11.8 Å². The van der Waals surface area contributed by atoms with Gasteiger partial charge in [-0.05, 0) is 48.7 Å². The third-order valence-electron chi connectivity index (χ3n) is 6.20. The molecule has 3 aromatic carbocycles. The van der Waals surface area contributed by atoms with Crippen LogP contribution >= 0.6 is 11.6 Å². The lowest BCUT2D eigenvalue weighted by molar-refractivity contribution is -0.140. The maximum Gasteiger partial charge on any atom is 0.264 e. The number of anilines is 1. The van der Waals surface area contributed by atoms with Crippen LogP contribution in [-0.2, 0) is 26.2 Å². The van der Waals surface area contributed by atoms with Crippen molar-refractivity contribution >= 4 is 39.1 Å². The normalized spacial score (nSPS) is 11.9. The first-order valence-corrected chi connectivity index (χ1v) is 14.6. The van der Waals surface area contributed by atoms with Crippen LogP contribution in [0.1, 0.15) is 32.3 Å². The minimum atomic E-state index is -4.18. The van der Waals surface area contributed by atoms with Crippen molar-refractivity contribution in [1.29, 1.82) is 0 Å². The van der Waals surface area contributed by atoms with Crippen LogP contribution in [0.15, 0.2) is 83.8 Å². The number of sulfonamides is 1. The Morgan fingerprint density at radius 2 is 1.59 bits per heavy atom. The fraction of sp³-hybridized carbons (Fsp3) is 0.310. The number of hydrogen-bond donors (Lipinski definition) is 1. The summed E-state index contributed by atoms with van der Waals surface area (Å²) in [4.78, 5) is 28.6. The second-order valence-corrected chi connectivity index (χ2v) is 11.1. The molecule has 0 aliphatic rings. The number of carbonyl (C=O) groups excluding carboxylic acids is 2. The third kappa shape index (κ3) is 7.30. The number of para-hydroxylation sites is 2. The van der Waals surface area contributed by atoms with Crippen molar-refractivity contribution in [1.82, 2.24) is 10.2 Å². The summed E-state index contributed by atoms with van der Waals surface area (Å²) in [5.41, 5.74) is 0.849. The van der Waals surface area contributed by atoms with E-state index in [2.05, 4.69) is 5.32 Å². The Morgan fingerprint density at radius 1 is 0.949 bits per heavy atom. The SMILES string of the molecule is CCCNC(=O)[C@H](CC)N(Cc1ccccc1Cl)C(=O)CN(c1ccccc1OC)S(=O)(=O)c1ccccc1. The van der Waals surface area contributed by atoms with Gasteiger partial charge in [0.15, 0.2) is 0 Å². The molecule has 0 spiro atoms. The fourth-order valence-electron chi connectivity index (χ4n) is 4.16. The van der Waals surface area contributed by atoms with Crippen LogP contribution in [-0.4, -0.2) is 51.4 Å². The van der Waals surface area contributed by atoms with Gasteiger partial charge in [-0.25, -0.2) is 8.42 Å². The number of nitrogens with zero attached hydrogens (tertiary/aromatic N) is 2. The van der Waals surface area contributed by atoms with E-state index in [1.165, 1.54) is 24.1 Å².